The first kappa shape index (κ1) is 14.1. The molecule has 1 aliphatic carbocycles. The number of hydrogen-bond donors (Lipinski definition) is 2. The van der Waals surface area contributed by atoms with Gasteiger partial charge in [-0.25, -0.2) is 0 Å². The van der Waals surface area contributed by atoms with Gasteiger partial charge in [0.25, 0.3) is 0 Å². The third-order valence-electron chi connectivity index (χ3n) is 3.70. The van der Waals surface area contributed by atoms with Crippen molar-refractivity contribution in [3.63, 3.8) is 0 Å². The van der Waals surface area contributed by atoms with Gasteiger partial charge in [0.1, 0.15) is 0 Å². The van der Waals surface area contributed by atoms with Crippen LogP contribution in [-0.4, -0.2) is 12.8 Å². The first-order valence-corrected chi connectivity index (χ1v) is 7.30. The van der Waals surface area contributed by atoms with Gasteiger partial charge in [-0.15, -0.1) is 0 Å². The molecule has 0 atom stereocenters. The number of hydrogen-bond acceptors (Lipinski definition) is 2. The molecule has 3 rings (SSSR count). The lowest BCUT2D eigenvalue weighted by Crippen LogP contribution is -1.97. The minimum Gasteiger partial charge on any atom is -0.388 e. The van der Waals surface area contributed by atoms with Gasteiger partial charge in [0.2, 0.25) is 0 Å². The van der Waals surface area contributed by atoms with Gasteiger partial charge in [-0.1, -0.05) is 54.6 Å². The van der Waals surface area contributed by atoms with Gasteiger partial charge < -0.3 is 10.7 Å². The number of anilines is 1. The van der Waals surface area contributed by atoms with Crippen molar-refractivity contribution in [3.05, 3.63) is 95.6 Å². The molecule has 2 nitrogen and oxygen atoms in total. The second-order valence-electron chi connectivity index (χ2n) is 5.15. The molecule has 2 N–H and O–H groups in total. The quantitative estimate of drug-likeness (QED) is 0.844. The van der Waals surface area contributed by atoms with Gasteiger partial charge in [0, 0.05) is 12.7 Å². The van der Waals surface area contributed by atoms with E-state index < -0.39 is 0 Å². The summed E-state index contributed by atoms with van der Waals surface area (Å²) in [7, 11) is 1.92. The van der Waals surface area contributed by atoms with E-state index in [4.69, 9.17) is 5.41 Å². The summed E-state index contributed by atoms with van der Waals surface area (Å²) in [5, 5.41) is 10.8. The lowest BCUT2D eigenvalue weighted by Gasteiger charge is -2.14. The van der Waals surface area contributed by atoms with E-state index in [-0.39, 0.29) is 0 Å². The Morgan fingerprint density at radius 2 is 1.36 bits per heavy atom. The van der Waals surface area contributed by atoms with Gasteiger partial charge in [-0.05, 0) is 46.6 Å². The Morgan fingerprint density at radius 1 is 0.773 bits per heavy atom. The molecule has 0 aliphatic heterocycles. The van der Waals surface area contributed by atoms with E-state index >= 15 is 0 Å². The molecule has 0 saturated carbocycles. The fraction of sp³-hybridized carbons (Fsp3) is 0.0500. The molecule has 0 amide bonds. The van der Waals surface area contributed by atoms with E-state index in [1.807, 2.05) is 37.4 Å². The fourth-order valence-corrected chi connectivity index (χ4v) is 2.55. The Hall–Kier alpha value is -2.87. The van der Waals surface area contributed by atoms with Crippen molar-refractivity contribution >= 4 is 17.0 Å². The monoisotopic (exact) mass is 286 g/mol. The highest BCUT2D eigenvalue weighted by atomic mass is 14.8. The molecule has 0 aromatic heterocycles. The van der Waals surface area contributed by atoms with E-state index in [9.17, 15) is 0 Å². The van der Waals surface area contributed by atoms with Crippen LogP contribution in [-0.2, 0) is 0 Å². The van der Waals surface area contributed by atoms with Crippen LogP contribution in [0.25, 0.3) is 5.57 Å². The molecule has 0 radical (unpaired) electrons. The number of rotatable bonds is 3. The Balaban J connectivity index is 2.15. The SMILES string of the molecule is CNc1ccc(C(=C2C=CC(=N)C=C2)c2ccccc2)cc1. The summed E-state index contributed by atoms with van der Waals surface area (Å²) in [5.74, 6) is 0. The highest BCUT2D eigenvalue weighted by molar-refractivity contribution is 6.05. The summed E-state index contributed by atoms with van der Waals surface area (Å²) in [5.41, 5.74) is 6.28. The molecule has 108 valence electrons. The maximum Gasteiger partial charge on any atom is 0.0540 e. The van der Waals surface area contributed by atoms with Crippen molar-refractivity contribution in [1.29, 1.82) is 5.41 Å². The van der Waals surface area contributed by atoms with Gasteiger partial charge in [-0.3, -0.25) is 0 Å². The number of allylic oxidation sites excluding steroid dienone is 5. The Bertz CT molecular complexity index is 745. The fourth-order valence-electron chi connectivity index (χ4n) is 2.55. The molecule has 2 heteroatoms. The molecule has 2 aromatic rings. The Kier molecular flexibility index (Phi) is 4.01. The highest BCUT2D eigenvalue weighted by Crippen LogP contribution is 2.30. The van der Waals surface area contributed by atoms with Crippen molar-refractivity contribution in [1.82, 2.24) is 0 Å². The second kappa shape index (κ2) is 6.27. The summed E-state index contributed by atoms with van der Waals surface area (Å²) in [4.78, 5) is 0. The largest absolute Gasteiger partial charge is 0.388 e. The predicted octanol–water partition coefficient (Wildman–Crippen LogP) is 4.68. The third kappa shape index (κ3) is 2.91. The topological polar surface area (TPSA) is 35.9 Å². The van der Waals surface area contributed by atoms with Crippen LogP contribution >= 0.6 is 0 Å². The maximum atomic E-state index is 7.68. The van der Waals surface area contributed by atoms with Crippen molar-refractivity contribution in [2.24, 2.45) is 0 Å². The normalized spacial score (nSPS) is 13.3. The zero-order valence-electron chi connectivity index (χ0n) is 12.5. The summed E-state index contributed by atoms with van der Waals surface area (Å²) in [6.45, 7) is 0. The van der Waals surface area contributed by atoms with Gasteiger partial charge in [-0.2, -0.15) is 0 Å². The van der Waals surface area contributed by atoms with Crippen LogP contribution in [0, 0.1) is 5.41 Å². The molecule has 0 fully saturated rings. The van der Waals surface area contributed by atoms with Crippen LogP contribution in [0.3, 0.4) is 0 Å². The molecule has 1 aliphatic rings. The zero-order chi connectivity index (χ0) is 15.4. The zero-order valence-corrected chi connectivity index (χ0v) is 12.5. The highest BCUT2D eigenvalue weighted by Gasteiger charge is 2.10. The molecule has 2 aromatic carbocycles. The van der Waals surface area contributed by atoms with Crippen molar-refractivity contribution in [2.45, 2.75) is 0 Å². The van der Waals surface area contributed by atoms with Gasteiger partial charge in [0.05, 0.1) is 5.71 Å². The summed E-state index contributed by atoms with van der Waals surface area (Å²) >= 11 is 0. The molecular weight excluding hydrogens is 268 g/mol. The molecule has 22 heavy (non-hydrogen) atoms. The molecular formula is C20H18N2. The maximum absolute atomic E-state index is 7.68. The average molecular weight is 286 g/mol. The number of nitrogens with one attached hydrogen (secondary N) is 2. The minimum absolute atomic E-state index is 0.529. The van der Waals surface area contributed by atoms with Crippen molar-refractivity contribution < 1.29 is 0 Å². The van der Waals surface area contributed by atoms with Crippen molar-refractivity contribution in [3.8, 4) is 0 Å². The average Bonchev–Trinajstić information content (AvgIpc) is 2.58. The summed E-state index contributed by atoms with van der Waals surface area (Å²) in [6, 6.07) is 18.8. The lowest BCUT2D eigenvalue weighted by molar-refractivity contribution is 1.47. The lowest BCUT2D eigenvalue weighted by atomic mass is 9.91. The van der Waals surface area contributed by atoms with Crippen molar-refractivity contribution in [2.75, 3.05) is 12.4 Å². The standard InChI is InChI=1S/C20H18N2/c1-22-19-13-9-17(10-14-19)20(15-5-3-2-4-6-15)16-7-11-18(21)12-8-16/h2-14,21-22H,1H3. The molecule has 0 bridgehead atoms. The van der Waals surface area contributed by atoms with E-state index in [1.54, 1.807) is 0 Å². The van der Waals surface area contributed by atoms with Crippen LogP contribution < -0.4 is 5.32 Å². The molecule has 0 spiro atoms. The van der Waals surface area contributed by atoms with Crippen LogP contribution in [0.2, 0.25) is 0 Å². The minimum atomic E-state index is 0.529. The third-order valence-corrected chi connectivity index (χ3v) is 3.70. The van der Waals surface area contributed by atoms with Gasteiger partial charge in [0.15, 0.2) is 0 Å². The van der Waals surface area contributed by atoms with E-state index in [0.29, 0.717) is 5.71 Å². The van der Waals surface area contributed by atoms with Gasteiger partial charge >= 0.3 is 0 Å². The summed E-state index contributed by atoms with van der Waals surface area (Å²) in [6.07, 6.45) is 7.69. The first-order valence-electron chi connectivity index (χ1n) is 7.30. The Morgan fingerprint density at radius 3 is 1.95 bits per heavy atom. The predicted molar refractivity (Wildman–Crippen MR) is 94.5 cm³/mol. The van der Waals surface area contributed by atoms with E-state index in [0.717, 1.165) is 11.3 Å². The molecule has 0 saturated heterocycles. The van der Waals surface area contributed by atoms with Crippen LogP contribution in [0.5, 0.6) is 0 Å². The Labute approximate surface area is 131 Å². The molecule has 0 unspecified atom stereocenters. The van der Waals surface area contributed by atoms with E-state index in [1.165, 1.54) is 16.7 Å². The van der Waals surface area contributed by atoms with Crippen LogP contribution in [0.1, 0.15) is 11.1 Å². The van der Waals surface area contributed by atoms with E-state index in [2.05, 4.69) is 53.8 Å². The van der Waals surface area contributed by atoms with Crippen LogP contribution in [0.4, 0.5) is 5.69 Å². The summed E-state index contributed by atoms with van der Waals surface area (Å²) < 4.78 is 0. The first-order chi connectivity index (χ1) is 10.8. The molecule has 0 heterocycles. The second-order valence-corrected chi connectivity index (χ2v) is 5.15. The number of benzene rings is 2. The van der Waals surface area contributed by atoms with Crippen LogP contribution in [0.15, 0.2) is 84.5 Å². The smallest absolute Gasteiger partial charge is 0.0540 e.